The van der Waals surface area contributed by atoms with Crippen LogP contribution < -0.4 is 10.6 Å². The molecular weight excluding hydrogens is 456 g/mol. The summed E-state index contributed by atoms with van der Waals surface area (Å²) < 4.78 is 1.63. The summed E-state index contributed by atoms with van der Waals surface area (Å²) in [7, 11) is 0. The summed E-state index contributed by atoms with van der Waals surface area (Å²) in [5.74, 6) is -0.334. The molecule has 178 valence electrons. The summed E-state index contributed by atoms with van der Waals surface area (Å²) in [5, 5.41) is 30.8. The zero-order valence-electron chi connectivity index (χ0n) is 19.0. The highest BCUT2D eigenvalue weighted by Gasteiger charge is 2.12. The quantitative estimate of drug-likeness (QED) is 0.196. The van der Waals surface area contributed by atoms with Gasteiger partial charge in [0, 0.05) is 23.1 Å². The van der Waals surface area contributed by atoms with Gasteiger partial charge in [-0.05, 0) is 54.6 Å². The van der Waals surface area contributed by atoms with Gasteiger partial charge in [0.15, 0.2) is 0 Å². The van der Waals surface area contributed by atoms with Crippen LogP contribution >= 0.6 is 0 Å². The molecule has 10 heteroatoms. The average molecular weight is 479 g/mol. The van der Waals surface area contributed by atoms with E-state index in [0.717, 1.165) is 22.6 Å². The van der Waals surface area contributed by atoms with Crippen molar-refractivity contribution in [2.24, 2.45) is 0 Å². The fourth-order valence-electron chi connectivity index (χ4n) is 3.55. The number of carbonyl (C=O) groups excluding carboxylic acids is 1. The lowest BCUT2D eigenvalue weighted by Gasteiger charge is -2.10. The summed E-state index contributed by atoms with van der Waals surface area (Å²) in [4.78, 5) is 17.3. The number of benzene rings is 2. The number of rotatable bonds is 8. The molecule has 5 aromatic rings. The van der Waals surface area contributed by atoms with Gasteiger partial charge in [0.1, 0.15) is 17.6 Å². The second kappa shape index (κ2) is 10.0. The van der Waals surface area contributed by atoms with Gasteiger partial charge in [-0.1, -0.05) is 36.1 Å². The number of nitrogens with zero attached hydrogens (tertiary/aromatic N) is 5. The lowest BCUT2D eigenvalue weighted by atomic mass is 10.1. The smallest absolute Gasteiger partial charge is 0.274 e. The van der Waals surface area contributed by atoms with E-state index in [0.29, 0.717) is 17.1 Å². The summed E-state index contributed by atoms with van der Waals surface area (Å²) in [6, 6.07) is 21.8. The normalized spacial score (nSPS) is 11.6. The summed E-state index contributed by atoms with van der Waals surface area (Å²) >= 11 is 0. The molecule has 0 fully saturated rings. The highest BCUT2D eigenvalue weighted by Crippen LogP contribution is 2.23. The monoisotopic (exact) mass is 478 g/mol. The molecule has 4 N–H and O–H groups in total. The first-order valence-corrected chi connectivity index (χ1v) is 11.1. The van der Waals surface area contributed by atoms with E-state index in [2.05, 4.69) is 42.7 Å². The minimum Gasteiger partial charge on any atom is -0.370 e. The van der Waals surface area contributed by atoms with E-state index in [1.54, 1.807) is 53.5 Å². The molecule has 3 aromatic heterocycles. The minimum absolute atomic E-state index is 0.283. The van der Waals surface area contributed by atoms with E-state index in [-0.39, 0.29) is 11.6 Å². The largest absolute Gasteiger partial charge is 0.370 e. The van der Waals surface area contributed by atoms with Crippen LogP contribution in [0.3, 0.4) is 0 Å². The van der Waals surface area contributed by atoms with Crippen molar-refractivity contribution < 1.29 is 9.90 Å². The predicted molar refractivity (Wildman–Crippen MR) is 136 cm³/mol. The Morgan fingerprint density at radius 3 is 2.69 bits per heavy atom. The van der Waals surface area contributed by atoms with Gasteiger partial charge in [-0.25, -0.2) is 9.67 Å². The number of H-pyrrole nitrogens is 1. The average Bonchev–Trinajstić information content (AvgIpc) is 3.62. The molecule has 10 nitrogen and oxygen atoms in total. The number of aliphatic hydroxyl groups is 1. The zero-order valence-corrected chi connectivity index (χ0v) is 19.0. The van der Waals surface area contributed by atoms with Crippen LogP contribution in [0.1, 0.15) is 10.5 Å². The van der Waals surface area contributed by atoms with Crippen LogP contribution in [0.2, 0.25) is 0 Å². The molecule has 5 rings (SSSR count). The highest BCUT2D eigenvalue weighted by molar-refractivity contribution is 6.03. The van der Waals surface area contributed by atoms with Crippen molar-refractivity contribution in [2.45, 2.75) is 6.23 Å². The van der Waals surface area contributed by atoms with Crippen LogP contribution in [-0.2, 0) is 0 Å². The maximum absolute atomic E-state index is 12.8. The van der Waals surface area contributed by atoms with Crippen LogP contribution in [-0.4, -0.2) is 47.4 Å². The van der Waals surface area contributed by atoms with Crippen molar-refractivity contribution in [3.05, 3.63) is 104 Å². The van der Waals surface area contributed by atoms with Gasteiger partial charge in [0.05, 0.1) is 23.3 Å². The zero-order chi connectivity index (χ0) is 24.9. The third-order valence-electron chi connectivity index (χ3n) is 5.32. The first kappa shape index (κ1) is 22.7. The van der Waals surface area contributed by atoms with Crippen molar-refractivity contribution in [1.82, 2.24) is 30.2 Å². The Balaban J connectivity index is 1.33. The van der Waals surface area contributed by atoms with Gasteiger partial charge in [-0.3, -0.25) is 9.89 Å². The Labute approximate surface area is 206 Å². The van der Waals surface area contributed by atoms with Crippen molar-refractivity contribution in [3.63, 3.8) is 0 Å². The maximum atomic E-state index is 12.8. The standard InChI is InChI=1S/C26H22N8O2/c1-2-25(35)28-18-7-3-6-17(14-18)24-16-34(33-32-24)20-9-4-8-19(15-20)29-26(36)23-11-5-10-21(30-23)22-12-13-27-31-22/h2-16,25,28,35H,1H2,(H,27,31)(H,29,36). The SMILES string of the molecule is C=CC(O)Nc1cccc(-c2cn(-c3cccc(NC(=O)c4cccc(-c5ccn[nH]5)n4)c3)nn2)c1. The number of amides is 1. The van der Waals surface area contributed by atoms with E-state index in [4.69, 9.17) is 0 Å². The molecule has 0 aliphatic heterocycles. The van der Waals surface area contributed by atoms with Crippen LogP contribution in [0.15, 0.2) is 97.8 Å². The number of aromatic nitrogens is 6. The number of hydrogen-bond donors (Lipinski definition) is 4. The second-order valence-corrected chi connectivity index (χ2v) is 7.84. The molecule has 3 heterocycles. The van der Waals surface area contributed by atoms with Crippen molar-refractivity contribution in [3.8, 4) is 28.3 Å². The fraction of sp³-hybridized carbons (Fsp3) is 0.0385. The van der Waals surface area contributed by atoms with Gasteiger partial charge in [0.2, 0.25) is 0 Å². The predicted octanol–water partition coefficient (Wildman–Crippen LogP) is 3.89. The Kier molecular flexibility index (Phi) is 6.33. The van der Waals surface area contributed by atoms with Crippen LogP contribution in [0.25, 0.3) is 28.3 Å². The molecule has 1 atom stereocenters. The van der Waals surface area contributed by atoms with E-state index >= 15 is 0 Å². The van der Waals surface area contributed by atoms with E-state index < -0.39 is 6.23 Å². The molecule has 0 saturated heterocycles. The lowest BCUT2D eigenvalue weighted by molar-refractivity contribution is 0.102. The Bertz CT molecular complexity index is 1510. The molecule has 1 amide bonds. The Morgan fingerprint density at radius 1 is 1.03 bits per heavy atom. The number of anilines is 2. The third-order valence-corrected chi connectivity index (χ3v) is 5.32. The maximum Gasteiger partial charge on any atom is 0.274 e. The highest BCUT2D eigenvalue weighted by atomic mass is 16.3. The van der Waals surface area contributed by atoms with Crippen LogP contribution in [0.4, 0.5) is 11.4 Å². The molecule has 0 spiro atoms. The molecular formula is C26H22N8O2. The summed E-state index contributed by atoms with van der Waals surface area (Å²) in [6.45, 7) is 3.56. The molecule has 0 bridgehead atoms. The van der Waals surface area contributed by atoms with E-state index in [1.807, 2.05) is 36.4 Å². The Morgan fingerprint density at radius 2 is 1.86 bits per heavy atom. The van der Waals surface area contributed by atoms with Crippen molar-refractivity contribution in [1.29, 1.82) is 0 Å². The Hall–Kier alpha value is -5.09. The molecule has 0 saturated carbocycles. The minimum atomic E-state index is -0.850. The number of pyridine rings is 1. The van der Waals surface area contributed by atoms with Gasteiger partial charge >= 0.3 is 0 Å². The van der Waals surface area contributed by atoms with Gasteiger partial charge in [0.25, 0.3) is 5.91 Å². The number of aromatic amines is 1. The topological polar surface area (TPSA) is 134 Å². The summed E-state index contributed by atoms with van der Waals surface area (Å²) in [5.41, 5.74) is 5.16. The third kappa shape index (κ3) is 5.03. The number of carbonyl (C=O) groups is 1. The van der Waals surface area contributed by atoms with Crippen molar-refractivity contribution >= 4 is 17.3 Å². The molecule has 2 aromatic carbocycles. The van der Waals surface area contributed by atoms with Crippen LogP contribution in [0.5, 0.6) is 0 Å². The molecule has 0 aliphatic carbocycles. The van der Waals surface area contributed by atoms with Gasteiger partial charge in [-0.2, -0.15) is 5.10 Å². The second-order valence-electron chi connectivity index (χ2n) is 7.84. The van der Waals surface area contributed by atoms with Gasteiger partial charge < -0.3 is 15.7 Å². The molecule has 0 radical (unpaired) electrons. The summed E-state index contributed by atoms with van der Waals surface area (Å²) in [6.07, 6.45) is 3.98. The lowest BCUT2D eigenvalue weighted by Crippen LogP contribution is -2.14. The van der Waals surface area contributed by atoms with E-state index in [9.17, 15) is 9.90 Å². The van der Waals surface area contributed by atoms with Crippen molar-refractivity contribution in [2.75, 3.05) is 10.6 Å². The fourth-order valence-corrected chi connectivity index (χ4v) is 3.55. The van der Waals surface area contributed by atoms with E-state index in [1.165, 1.54) is 6.08 Å². The molecule has 36 heavy (non-hydrogen) atoms. The number of hydrogen-bond acceptors (Lipinski definition) is 7. The van der Waals surface area contributed by atoms with Crippen LogP contribution in [0, 0.1) is 0 Å². The number of aliphatic hydroxyl groups excluding tert-OH is 1. The number of nitrogens with one attached hydrogen (secondary N) is 3. The first-order chi connectivity index (χ1) is 17.6. The molecule has 0 aliphatic rings. The first-order valence-electron chi connectivity index (χ1n) is 11.1. The molecule has 1 unspecified atom stereocenters. The van der Waals surface area contributed by atoms with Gasteiger partial charge in [-0.15, -0.1) is 5.10 Å².